The van der Waals surface area contributed by atoms with Crippen LogP contribution >= 0.6 is 0 Å². The van der Waals surface area contributed by atoms with E-state index in [4.69, 9.17) is 0 Å². The molecule has 0 aliphatic rings. The third-order valence-electron chi connectivity index (χ3n) is 2.64. The Labute approximate surface area is 129 Å². The van der Waals surface area contributed by atoms with Crippen LogP contribution in [0.1, 0.15) is 24.2 Å². The SMILES string of the molecule is CCONC(=O)[C@H](C)NC(=O)c1cc([N+](=O)[O-])cc([N+](=O)[O-])c1. The van der Waals surface area contributed by atoms with E-state index in [0.717, 1.165) is 18.2 Å². The van der Waals surface area contributed by atoms with Crippen LogP contribution < -0.4 is 10.8 Å². The summed E-state index contributed by atoms with van der Waals surface area (Å²) in [6, 6.07) is 1.50. The van der Waals surface area contributed by atoms with Crippen LogP contribution in [0.5, 0.6) is 0 Å². The predicted molar refractivity (Wildman–Crippen MR) is 76.4 cm³/mol. The number of carbonyl (C=O) groups excluding carboxylic acids is 2. The Bertz CT molecular complexity index is 614. The molecule has 0 heterocycles. The van der Waals surface area contributed by atoms with E-state index in [1.54, 1.807) is 6.92 Å². The number of nitrogens with zero attached hydrogens (tertiary/aromatic N) is 2. The second kappa shape index (κ2) is 7.79. The standard InChI is InChI=1S/C12H14N4O7/c1-3-23-14-11(17)7(2)13-12(18)8-4-9(15(19)20)6-10(5-8)16(21)22/h4-7H,3H2,1-2H3,(H,13,18)(H,14,17)/t7-/m0/s1. The highest BCUT2D eigenvalue weighted by atomic mass is 16.7. The van der Waals surface area contributed by atoms with Crippen molar-refractivity contribution in [3.05, 3.63) is 44.0 Å². The minimum absolute atomic E-state index is 0.226. The van der Waals surface area contributed by atoms with E-state index in [9.17, 15) is 29.8 Å². The Balaban J connectivity index is 2.96. The number of amides is 2. The quantitative estimate of drug-likeness (QED) is 0.551. The van der Waals surface area contributed by atoms with Crippen molar-refractivity contribution >= 4 is 23.2 Å². The molecular formula is C12H14N4O7. The number of hydroxylamine groups is 1. The normalized spacial score (nSPS) is 11.4. The Morgan fingerprint density at radius 3 is 2.13 bits per heavy atom. The number of hydrogen-bond acceptors (Lipinski definition) is 7. The molecule has 1 rings (SSSR count). The van der Waals surface area contributed by atoms with Gasteiger partial charge in [0, 0.05) is 12.1 Å². The summed E-state index contributed by atoms with van der Waals surface area (Å²) in [6.07, 6.45) is 0. The summed E-state index contributed by atoms with van der Waals surface area (Å²) in [5.41, 5.74) is 0.572. The lowest BCUT2D eigenvalue weighted by Crippen LogP contribution is -2.44. The zero-order valence-electron chi connectivity index (χ0n) is 12.3. The molecule has 0 aliphatic carbocycles. The fourth-order valence-electron chi connectivity index (χ4n) is 1.51. The van der Waals surface area contributed by atoms with Gasteiger partial charge in [-0.1, -0.05) is 0 Å². The minimum atomic E-state index is -1.01. The molecule has 0 unspecified atom stereocenters. The summed E-state index contributed by atoms with van der Waals surface area (Å²) in [5.74, 6) is -1.50. The molecule has 0 bridgehead atoms. The number of benzene rings is 1. The highest BCUT2D eigenvalue weighted by Crippen LogP contribution is 2.22. The number of nitro groups is 2. The average molecular weight is 326 g/mol. The summed E-state index contributed by atoms with van der Waals surface area (Å²) >= 11 is 0. The first-order valence-corrected chi connectivity index (χ1v) is 6.42. The zero-order chi connectivity index (χ0) is 17.6. The Morgan fingerprint density at radius 2 is 1.70 bits per heavy atom. The summed E-state index contributed by atoms with van der Waals surface area (Å²) in [5, 5.41) is 23.8. The van der Waals surface area contributed by atoms with Crippen LogP contribution in [0.2, 0.25) is 0 Å². The highest BCUT2D eigenvalue weighted by molar-refractivity contribution is 5.98. The van der Waals surface area contributed by atoms with Gasteiger partial charge in [0.1, 0.15) is 6.04 Å². The van der Waals surface area contributed by atoms with Crippen LogP contribution in [0.25, 0.3) is 0 Å². The summed E-state index contributed by atoms with van der Waals surface area (Å²) in [4.78, 5) is 48.1. The number of rotatable bonds is 7. The number of nitrogens with one attached hydrogen (secondary N) is 2. The van der Waals surface area contributed by atoms with E-state index in [0.29, 0.717) is 0 Å². The van der Waals surface area contributed by atoms with Gasteiger partial charge >= 0.3 is 0 Å². The van der Waals surface area contributed by atoms with Crippen LogP contribution in [0.3, 0.4) is 0 Å². The first-order chi connectivity index (χ1) is 10.8. The van der Waals surface area contributed by atoms with Gasteiger partial charge in [0.05, 0.1) is 28.1 Å². The van der Waals surface area contributed by atoms with Gasteiger partial charge in [-0.25, -0.2) is 5.48 Å². The van der Waals surface area contributed by atoms with E-state index >= 15 is 0 Å². The Kier molecular flexibility index (Phi) is 6.09. The Morgan fingerprint density at radius 1 is 1.17 bits per heavy atom. The smallest absolute Gasteiger partial charge is 0.277 e. The molecule has 124 valence electrons. The molecule has 0 radical (unpaired) electrons. The topological polar surface area (TPSA) is 154 Å². The molecule has 1 aromatic carbocycles. The van der Waals surface area contributed by atoms with E-state index in [-0.39, 0.29) is 12.2 Å². The highest BCUT2D eigenvalue weighted by Gasteiger charge is 2.22. The van der Waals surface area contributed by atoms with Crippen molar-refractivity contribution in [3.8, 4) is 0 Å². The molecule has 0 aromatic heterocycles. The maximum Gasteiger partial charge on any atom is 0.277 e. The maximum absolute atomic E-state index is 12.0. The lowest BCUT2D eigenvalue weighted by atomic mass is 10.1. The molecule has 2 N–H and O–H groups in total. The van der Waals surface area contributed by atoms with Crippen LogP contribution in [0.15, 0.2) is 18.2 Å². The van der Waals surface area contributed by atoms with Crippen molar-refractivity contribution < 1.29 is 24.3 Å². The van der Waals surface area contributed by atoms with Crippen LogP contribution in [-0.2, 0) is 9.63 Å². The molecule has 0 saturated carbocycles. The maximum atomic E-state index is 12.0. The van der Waals surface area contributed by atoms with Crippen molar-refractivity contribution in [2.45, 2.75) is 19.9 Å². The number of nitro benzene ring substituents is 2. The van der Waals surface area contributed by atoms with Gasteiger partial charge in [-0.05, 0) is 13.8 Å². The van der Waals surface area contributed by atoms with Gasteiger partial charge < -0.3 is 5.32 Å². The van der Waals surface area contributed by atoms with Gasteiger partial charge in [-0.3, -0.25) is 34.7 Å². The third kappa shape index (κ3) is 5.00. The van der Waals surface area contributed by atoms with E-state index < -0.39 is 39.1 Å². The zero-order valence-corrected chi connectivity index (χ0v) is 12.3. The monoisotopic (exact) mass is 326 g/mol. The molecule has 11 heteroatoms. The van der Waals surface area contributed by atoms with Gasteiger partial charge in [0.2, 0.25) is 0 Å². The third-order valence-corrected chi connectivity index (χ3v) is 2.64. The molecule has 0 fully saturated rings. The van der Waals surface area contributed by atoms with Gasteiger partial charge in [-0.15, -0.1) is 0 Å². The second-order valence-corrected chi connectivity index (χ2v) is 4.35. The number of carbonyl (C=O) groups is 2. The molecule has 11 nitrogen and oxygen atoms in total. The van der Waals surface area contributed by atoms with Crippen molar-refractivity contribution in [1.82, 2.24) is 10.8 Å². The van der Waals surface area contributed by atoms with Crippen LogP contribution in [0.4, 0.5) is 11.4 Å². The predicted octanol–water partition coefficient (Wildman–Crippen LogP) is 0.689. The molecule has 0 spiro atoms. The van der Waals surface area contributed by atoms with Gasteiger partial charge in [0.15, 0.2) is 0 Å². The van der Waals surface area contributed by atoms with Crippen LogP contribution in [-0.4, -0.2) is 34.3 Å². The summed E-state index contributed by atoms with van der Waals surface area (Å²) in [7, 11) is 0. The minimum Gasteiger partial charge on any atom is -0.340 e. The molecule has 1 aromatic rings. The second-order valence-electron chi connectivity index (χ2n) is 4.35. The first kappa shape index (κ1) is 18.0. The fraction of sp³-hybridized carbons (Fsp3) is 0.333. The van der Waals surface area contributed by atoms with Gasteiger partial charge in [0.25, 0.3) is 23.2 Å². The fourth-order valence-corrected chi connectivity index (χ4v) is 1.51. The number of hydrogen-bond donors (Lipinski definition) is 2. The summed E-state index contributed by atoms with van der Waals surface area (Å²) in [6.45, 7) is 3.23. The molecule has 1 atom stereocenters. The largest absolute Gasteiger partial charge is 0.340 e. The van der Waals surface area contributed by atoms with Crippen molar-refractivity contribution in [3.63, 3.8) is 0 Å². The van der Waals surface area contributed by atoms with Crippen molar-refractivity contribution in [1.29, 1.82) is 0 Å². The molecule has 2 amide bonds. The average Bonchev–Trinajstić information content (AvgIpc) is 2.51. The number of non-ortho nitro benzene ring substituents is 2. The molecular weight excluding hydrogens is 312 g/mol. The van der Waals surface area contributed by atoms with E-state index in [1.165, 1.54) is 6.92 Å². The van der Waals surface area contributed by atoms with E-state index in [2.05, 4.69) is 15.6 Å². The lowest BCUT2D eigenvalue weighted by molar-refractivity contribution is -0.394. The van der Waals surface area contributed by atoms with E-state index in [1.807, 2.05) is 0 Å². The summed E-state index contributed by atoms with van der Waals surface area (Å²) < 4.78 is 0. The molecule has 23 heavy (non-hydrogen) atoms. The van der Waals surface area contributed by atoms with Crippen molar-refractivity contribution in [2.24, 2.45) is 0 Å². The molecule has 0 aliphatic heterocycles. The Hall–Kier alpha value is -3.08. The van der Waals surface area contributed by atoms with Crippen molar-refractivity contribution in [2.75, 3.05) is 6.61 Å². The first-order valence-electron chi connectivity index (χ1n) is 6.42. The van der Waals surface area contributed by atoms with Gasteiger partial charge in [-0.2, -0.15) is 0 Å². The lowest BCUT2D eigenvalue weighted by Gasteiger charge is -2.13. The van der Waals surface area contributed by atoms with Crippen LogP contribution in [0, 0.1) is 20.2 Å². The molecule has 0 saturated heterocycles.